The first-order valence-corrected chi connectivity index (χ1v) is 4.81. The molecular weight excluding hydrogens is 152 g/mol. The van der Waals surface area contributed by atoms with Crippen molar-refractivity contribution in [2.45, 2.75) is 6.92 Å². The van der Waals surface area contributed by atoms with Gasteiger partial charge in [-0.05, 0) is 14.0 Å². The molecule has 1 saturated heterocycles. The molecule has 0 radical (unpaired) electrons. The van der Waals surface area contributed by atoms with E-state index in [1.165, 1.54) is 26.2 Å². The fourth-order valence-electron chi connectivity index (χ4n) is 1.41. The average Bonchev–Trinajstić information content (AvgIpc) is 2.09. The first-order chi connectivity index (χ1) is 5.83. The maximum absolute atomic E-state index is 5.31. The summed E-state index contributed by atoms with van der Waals surface area (Å²) in [5, 5.41) is 0. The molecule has 1 fully saturated rings. The molecule has 0 aromatic rings. The summed E-state index contributed by atoms with van der Waals surface area (Å²) in [6.07, 6.45) is 0. The van der Waals surface area contributed by atoms with Crippen LogP contribution < -0.4 is 0 Å². The van der Waals surface area contributed by atoms with E-state index in [-0.39, 0.29) is 0 Å². The van der Waals surface area contributed by atoms with Gasteiger partial charge in [0, 0.05) is 39.3 Å². The van der Waals surface area contributed by atoms with Crippen molar-refractivity contribution < 1.29 is 4.74 Å². The van der Waals surface area contributed by atoms with E-state index in [4.69, 9.17) is 4.74 Å². The molecule has 72 valence electrons. The maximum Gasteiger partial charge on any atom is 0.0593 e. The lowest BCUT2D eigenvalue weighted by Crippen LogP contribution is -2.45. The molecule has 1 aliphatic heterocycles. The van der Waals surface area contributed by atoms with Gasteiger partial charge in [-0.3, -0.25) is 4.90 Å². The molecular formula is C9H20N2O. The smallest absolute Gasteiger partial charge is 0.0593 e. The third-order valence-corrected chi connectivity index (χ3v) is 2.35. The van der Waals surface area contributed by atoms with Crippen molar-refractivity contribution in [3.63, 3.8) is 0 Å². The summed E-state index contributed by atoms with van der Waals surface area (Å²) in [4.78, 5) is 4.84. The van der Waals surface area contributed by atoms with Crippen LogP contribution in [0, 0.1) is 0 Å². The van der Waals surface area contributed by atoms with Gasteiger partial charge in [-0.2, -0.15) is 0 Å². The molecule has 0 N–H and O–H groups in total. The zero-order valence-corrected chi connectivity index (χ0v) is 8.25. The van der Waals surface area contributed by atoms with Crippen LogP contribution in [0.25, 0.3) is 0 Å². The molecule has 0 aliphatic carbocycles. The quantitative estimate of drug-likeness (QED) is 0.566. The first kappa shape index (κ1) is 9.96. The van der Waals surface area contributed by atoms with Crippen molar-refractivity contribution in [3.05, 3.63) is 0 Å². The van der Waals surface area contributed by atoms with Gasteiger partial charge in [-0.15, -0.1) is 0 Å². The van der Waals surface area contributed by atoms with Crippen molar-refractivity contribution in [3.8, 4) is 0 Å². The fourth-order valence-corrected chi connectivity index (χ4v) is 1.41. The van der Waals surface area contributed by atoms with E-state index in [2.05, 4.69) is 16.8 Å². The van der Waals surface area contributed by atoms with Gasteiger partial charge >= 0.3 is 0 Å². The van der Waals surface area contributed by atoms with E-state index < -0.39 is 0 Å². The van der Waals surface area contributed by atoms with Gasteiger partial charge in [-0.25, -0.2) is 0 Å². The molecule has 0 aromatic heterocycles. The van der Waals surface area contributed by atoms with Crippen molar-refractivity contribution >= 4 is 0 Å². The number of hydrogen-bond acceptors (Lipinski definition) is 3. The van der Waals surface area contributed by atoms with Crippen LogP contribution >= 0.6 is 0 Å². The lowest BCUT2D eigenvalue weighted by molar-refractivity contribution is 0.0882. The van der Waals surface area contributed by atoms with Crippen LogP contribution in [-0.4, -0.2) is 62.8 Å². The Labute approximate surface area is 75.3 Å². The van der Waals surface area contributed by atoms with E-state index in [1.54, 1.807) is 0 Å². The molecule has 0 atom stereocenters. The SMILES string of the molecule is CCOCCN1CCN(C)CC1. The second-order valence-electron chi connectivity index (χ2n) is 3.34. The van der Waals surface area contributed by atoms with E-state index in [0.717, 1.165) is 19.8 Å². The van der Waals surface area contributed by atoms with Crippen molar-refractivity contribution in [1.29, 1.82) is 0 Å². The Kier molecular flexibility index (Phi) is 4.58. The van der Waals surface area contributed by atoms with Gasteiger partial charge in [0.15, 0.2) is 0 Å². The predicted octanol–water partition coefficient (Wildman–Crippen LogP) is 0.270. The van der Waals surface area contributed by atoms with Gasteiger partial charge in [0.05, 0.1) is 6.61 Å². The molecule has 0 spiro atoms. The minimum Gasteiger partial charge on any atom is -0.380 e. The third kappa shape index (κ3) is 3.52. The summed E-state index contributed by atoms with van der Waals surface area (Å²) >= 11 is 0. The molecule has 1 rings (SSSR count). The van der Waals surface area contributed by atoms with Gasteiger partial charge in [0.2, 0.25) is 0 Å². The molecule has 0 unspecified atom stereocenters. The Balaban J connectivity index is 2.01. The number of rotatable bonds is 4. The Hall–Kier alpha value is -0.120. The second-order valence-corrected chi connectivity index (χ2v) is 3.34. The minimum absolute atomic E-state index is 0.841. The average molecular weight is 172 g/mol. The summed E-state index contributed by atoms with van der Waals surface area (Å²) in [6.45, 7) is 9.67. The molecule has 0 saturated carbocycles. The fraction of sp³-hybridized carbons (Fsp3) is 1.00. The van der Waals surface area contributed by atoms with Crippen LogP contribution in [0.15, 0.2) is 0 Å². The van der Waals surface area contributed by atoms with Crippen LogP contribution in [0.2, 0.25) is 0 Å². The van der Waals surface area contributed by atoms with Crippen LogP contribution in [0.3, 0.4) is 0 Å². The highest BCUT2D eigenvalue weighted by Crippen LogP contribution is 1.97. The zero-order valence-electron chi connectivity index (χ0n) is 8.25. The molecule has 3 heteroatoms. The predicted molar refractivity (Wildman–Crippen MR) is 50.4 cm³/mol. The highest BCUT2D eigenvalue weighted by Gasteiger charge is 2.12. The largest absolute Gasteiger partial charge is 0.380 e. The monoisotopic (exact) mass is 172 g/mol. The first-order valence-electron chi connectivity index (χ1n) is 4.81. The summed E-state index contributed by atoms with van der Waals surface area (Å²) in [6, 6.07) is 0. The van der Waals surface area contributed by atoms with E-state index in [0.29, 0.717) is 0 Å². The molecule has 0 amide bonds. The third-order valence-electron chi connectivity index (χ3n) is 2.35. The number of nitrogens with zero attached hydrogens (tertiary/aromatic N) is 2. The number of piperazine rings is 1. The molecule has 0 bridgehead atoms. The minimum atomic E-state index is 0.841. The summed E-state index contributed by atoms with van der Waals surface area (Å²) < 4.78 is 5.31. The van der Waals surface area contributed by atoms with Gasteiger partial charge < -0.3 is 9.64 Å². The zero-order chi connectivity index (χ0) is 8.81. The summed E-state index contributed by atoms with van der Waals surface area (Å²) in [5.74, 6) is 0. The van der Waals surface area contributed by atoms with E-state index in [1.807, 2.05) is 6.92 Å². The Morgan fingerprint density at radius 1 is 1.17 bits per heavy atom. The summed E-state index contributed by atoms with van der Waals surface area (Å²) in [7, 11) is 2.18. The summed E-state index contributed by atoms with van der Waals surface area (Å²) in [5.41, 5.74) is 0. The molecule has 1 heterocycles. The normalized spacial score (nSPS) is 21.5. The van der Waals surface area contributed by atoms with Gasteiger partial charge in [-0.1, -0.05) is 0 Å². The van der Waals surface area contributed by atoms with Crippen molar-refractivity contribution in [1.82, 2.24) is 9.80 Å². The molecule has 0 aromatic carbocycles. The van der Waals surface area contributed by atoms with E-state index >= 15 is 0 Å². The number of ether oxygens (including phenoxy) is 1. The van der Waals surface area contributed by atoms with E-state index in [9.17, 15) is 0 Å². The highest BCUT2D eigenvalue weighted by atomic mass is 16.5. The molecule has 1 aliphatic rings. The van der Waals surface area contributed by atoms with Gasteiger partial charge in [0.25, 0.3) is 0 Å². The Bertz CT molecular complexity index is 111. The Morgan fingerprint density at radius 2 is 1.83 bits per heavy atom. The lowest BCUT2D eigenvalue weighted by Gasteiger charge is -2.32. The van der Waals surface area contributed by atoms with Crippen LogP contribution in [-0.2, 0) is 4.74 Å². The maximum atomic E-state index is 5.31. The van der Waals surface area contributed by atoms with Gasteiger partial charge in [0.1, 0.15) is 0 Å². The van der Waals surface area contributed by atoms with Crippen molar-refractivity contribution in [2.75, 3.05) is 53.0 Å². The Morgan fingerprint density at radius 3 is 2.42 bits per heavy atom. The standard InChI is InChI=1S/C9H20N2O/c1-3-12-9-8-11-6-4-10(2)5-7-11/h3-9H2,1-2H3. The molecule has 12 heavy (non-hydrogen) atoms. The second kappa shape index (κ2) is 5.51. The lowest BCUT2D eigenvalue weighted by atomic mass is 10.3. The highest BCUT2D eigenvalue weighted by molar-refractivity contribution is 4.68. The van der Waals surface area contributed by atoms with Crippen molar-refractivity contribution in [2.24, 2.45) is 0 Å². The topological polar surface area (TPSA) is 15.7 Å². The van der Waals surface area contributed by atoms with Crippen LogP contribution in [0.5, 0.6) is 0 Å². The molecule has 3 nitrogen and oxygen atoms in total. The van der Waals surface area contributed by atoms with Crippen LogP contribution in [0.1, 0.15) is 6.92 Å². The number of hydrogen-bond donors (Lipinski definition) is 0. The van der Waals surface area contributed by atoms with Crippen LogP contribution in [0.4, 0.5) is 0 Å². The number of likely N-dealkylation sites (N-methyl/N-ethyl adjacent to an activating group) is 1.